The second-order valence-corrected chi connectivity index (χ2v) is 4.45. The molecule has 4 nitrogen and oxygen atoms in total. The minimum absolute atomic E-state index is 0.148. The molecule has 0 aliphatic heterocycles. The number of nitrogens with two attached hydrogens (primary N) is 1. The molecule has 0 aromatic rings. The van der Waals surface area contributed by atoms with Crippen LogP contribution in [-0.4, -0.2) is 31.2 Å². The quantitative estimate of drug-likeness (QED) is 0.617. The Morgan fingerprint density at radius 2 is 2.07 bits per heavy atom. The van der Waals surface area contributed by atoms with Crippen molar-refractivity contribution >= 4 is 5.91 Å². The molecule has 0 bridgehead atoms. The van der Waals surface area contributed by atoms with E-state index in [4.69, 9.17) is 10.5 Å². The van der Waals surface area contributed by atoms with Crippen molar-refractivity contribution < 1.29 is 9.53 Å². The first kappa shape index (κ1) is 13.4. The molecule has 0 radical (unpaired) electrons. The monoisotopic (exact) mass is 202 g/mol. The van der Waals surface area contributed by atoms with E-state index < -0.39 is 5.54 Å². The third-order valence-corrected chi connectivity index (χ3v) is 1.57. The summed E-state index contributed by atoms with van der Waals surface area (Å²) >= 11 is 0. The van der Waals surface area contributed by atoms with Gasteiger partial charge in [0.2, 0.25) is 5.91 Å². The molecule has 0 saturated heterocycles. The van der Waals surface area contributed by atoms with Crippen LogP contribution in [0.2, 0.25) is 0 Å². The number of ether oxygens (including phenoxy) is 1. The van der Waals surface area contributed by atoms with Gasteiger partial charge >= 0.3 is 0 Å². The van der Waals surface area contributed by atoms with Crippen LogP contribution in [0.1, 0.15) is 27.7 Å². The van der Waals surface area contributed by atoms with Gasteiger partial charge in [0.25, 0.3) is 0 Å². The predicted octanol–water partition coefficient (Wildman–Crippen LogP) is 0.513. The number of nitrogens with one attached hydrogen (secondary N) is 1. The number of carbonyl (C=O) groups excluding carboxylic acids is 1. The molecule has 84 valence electrons. The zero-order valence-electron chi connectivity index (χ0n) is 9.59. The number of carbonyl (C=O) groups is 1. The van der Waals surface area contributed by atoms with E-state index in [0.717, 1.165) is 6.61 Å². The molecule has 0 aliphatic carbocycles. The molecule has 0 atom stereocenters. The highest BCUT2D eigenvalue weighted by Crippen LogP contribution is 1.95. The second kappa shape index (κ2) is 5.98. The Kier molecular flexibility index (Phi) is 5.72. The third kappa shape index (κ3) is 6.86. The lowest BCUT2D eigenvalue weighted by atomic mass is 10.1. The molecule has 0 unspecified atom stereocenters. The van der Waals surface area contributed by atoms with Crippen LogP contribution in [0.4, 0.5) is 0 Å². The molecule has 3 N–H and O–H groups in total. The first-order chi connectivity index (χ1) is 6.34. The van der Waals surface area contributed by atoms with Gasteiger partial charge in [0.05, 0.1) is 12.1 Å². The highest BCUT2D eigenvalue weighted by Gasteiger charge is 2.20. The highest BCUT2D eigenvalue weighted by molar-refractivity contribution is 5.84. The van der Waals surface area contributed by atoms with Crippen molar-refractivity contribution in [2.24, 2.45) is 11.7 Å². The van der Waals surface area contributed by atoms with Gasteiger partial charge in [-0.2, -0.15) is 0 Å². The normalized spacial score (nSPS) is 11.9. The molecule has 4 heteroatoms. The molecule has 0 aliphatic rings. The molecular formula is C10H22N2O2. The summed E-state index contributed by atoms with van der Waals surface area (Å²) in [5.74, 6) is 0.377. The van der Waals surface area contributed by atoms with Crippen molar-refractivity contribution in [2.75, 3.05) is 19.8 Å². The average Bonchev–Trinajstić information content (AvgIpc) is 2.01. The lowest BCUT2D eigenvalue weighted by Crippen LogP contribution is -2.49. The maximum absolute atomic E-state index is 11.3. The van der Waals surface area contributed by atoms with Gasteiger partial charge in [-0.05, 0) is 19.8 Å². The topological polar surface area (TPSA) is 64.3 Å². The van der Waals surface area contributed by atoms with Crippen LogP contribution >= 0.6 is 0 Å². The van der Waals surface area contributed by atoms with Crippen molar-refractivity contribution in [1.82, 2.24) is 5.32 Å². The first-order valence-electron chi connectivity index (χ1n) is 4.99. The maximum Gasteiger partial charge on any atom is 0.239 e. The van der Waals surface area contributed by atoms with Crippen LogP contribution in [0.3, 0.4) is 0 Å². The van der Waals surface area contributed by atoms with Crippen molar-refractivity contribution in [3.8, 4) is 0 Å². The van der Waals surface area contributed by atoms with Gasteiger partial charge in [-0.1, -0.05) is 13.8 Å². The zero-order chi connectivity index (χ0) is 11.2. The van der Waals surface area contributed by atoms with Crippen LogP contribution in [0.5, 0.6) is 0 Å². The van der Waals surface area contributed by atoms with E-state index in [2.05, 4.69) is 19.2 Å². The molecule has 0 saturated carbocycles. The Labute approximate surface area is 86.2 Å². The summed E-state index contributed by atoms with van der Waals surface area (Å²) < 4.78 is 5.30. The van der Waals surface area contributed by atoms with Crippen molar-refractivity contribution in [1.29, 1.82) is 0 Å². The summed E-state index contributed by atoms with van der Waals surface area (Å²) in [6.45, 7) is 9.31. The van der Waals surface area contributed by atoms with E-state index in [0.29, 0.717) is 19.1 Å². The third-order valence-electron chi connectivity index (χ3n) is 1.57. The molecule has 0 aromatic carbocycles. The van der Waals surface area contributed by atoms with Crippen molar-refractivity contribution in [2.45, 2.75) is 33.2 Å². The van der Waals surface area contributed by atoms with E-state index in [-0.39, 0.29) is 5.91 Å². The summed E-state index contributed by atoms with van der Waals surface area (Å²) in [4.78, 5) is 11.3. The maximum atomic E-state index is 11.3. The molecule has 0 heterocycles. The van der Waals surface area contributed by atoms with Crippen molar-refractivity contribution in [3.05, 3.63) is 0 Å². The molecule has 0 fully saturated rings. The molecule has 0 rings (SSSR count). The van der Waals surface area contributed by atoms with Crippen LogP contribution in [0, 0.1) is 5.92 Å². The van der Waals surface area contributed by atoms with Gasteiger partial charge in [0.15, 0.2) is 0 Å². The Morgan fingerprint density at radius 1 is 1.50 bits per heavy atom. The molecular weight excluding hydrogens is 180 g/mol. The van der Waals surface area contributed by atoms with E-state index in [9.17, 15) is 4.79 Å². The number of rotatable bonds is 6. The lowest BCUT2D eigenvalue weighted by Gasteiger charge is -2.17. The average molecular weight is 202 g/mol. The Bertz CT molecular complexity index is 173. The summed E-state index contributed by atoms with van der Waals surface area (Å²) in [5, 5.41) is 2.71. The SMILES string of the molecule is CC(C)COCCNC(=O)C(C)(C)N. The largest absolute Gasteiger partial charge is 0.379 e. The van der Waals surface area contributed by atoms with E-state index in [1.807, 2.05) is 0 Å². The van der Waals surface area contributed by atoms with Crippen LogP contribution in [0.25, 0.3) is 0 Å². The standard InChI is InChI=1S/C10H22N2O2/c1-8(2)7-14-6-5-12-9(13)10(3,4)11/h8H,5-7,11H2,1-4H3,(H,12,13). The van der Waals surface area contributed by atoms with E-state index in [1.54, 1.807) is 13.8 Å². The van der Waals surface area contributed by atoms with Gasteiger partial charge in [-0.3, -0.25) is 4.79 Å². The smallest absolute Gasteiger partial charge is 0.239 e. The molecule has 14 heavy (non-hydrogen) atoms. The lowest BCUT2D eigenvalue weighted by molar-refractivity contribution is -0.125. The minimum atomic E-state index is -0.807. The number of hydrogen-bond acceptors (Lipinski definition) is 3. The van der Waals surface area contributed by atoms with E-state index in [1.165, 1.54) is 0 Å². The molecule has 0 aromatic heterocycles. The predicted molar refractivity (Wildman–Crippen MR) is 56.9 cm³/mol. The van der Waals surface area contributed by atoms with Crippen LogP contribution in [0.15, 0.2) is 0 Å². The number of amides is 1. The minimum Gasteiger partial charge on any atom is -0.379 e. The molecule has 1 amide bonds. The Hall–Kier alpha value is -0.610. The summed E-state index contributed by atoms with van der Waals surface area (Å²) in [6.07, 6.45) is 0. The summed E-state index contributed by atoms with van der Waals surface area (Å²) in [7, 11) is 0. The van der Waals surface area contributed by atoms with Crippen molar-refractivity contribution in [3.63, 3.8) is 0 Å². The number of hydrogen-bond donors (Lipinski definition) is 2. The first-order valence-corrected chi connectivity index (χ1v) is 4.99. The van der Waals surface area contributed by atoms with Crippen LogP contribution in [-0.2, 0) is 9.53 Å². The van der Waals surface area contributed by atoms with Gasteiger partial charge in [0, 0.05) is 13.2 Å². The Morgan fingerprint density at radius 3 is 2.50 bits per heavy atom. The van der Waals surface area contributed by atoms with Gasteiger partial charge < -0.3 is 15.8 Å². The highest BCUT2D eigenvalue weighted by atomic mass is 16.5. The van der Waals surface area contributed by atoms with Gasteiger partial charge in [-0.25, -0.2) is 0 Å². The fourth-order valence-electron chi connectivity index (χ4n) is 0.784. The van der Waals surface area contributed by atoms with Gasteiger partial charge in [0.1, 0.15) is 0 Å². The summed E-state index contributed by atoms with van der Waals surface area (Å²) in [5.41, 5.74) is 4.78. The second-order valence-electron chi connectivity index (χ2n) is 4.45. The molecule has 0 spiro atoms. The fraction of sp³-hybridized carbons (Fsp3) is 0.900. The van der Waals surface area contributed by atoms with Gasteiger partial charge in [-0.15, -0.1) is 0 Å². The summed E-state index contributed by atoms with van der Waals surface area (Å²) in [6, 6.07) is 0. The Balaban J connectivity index is 3.42. The fourth-order valence-corrected chi connectivity index (χ4v) is 0.784. The van der Waals surface area contributed by atoms with E-state index >= 15 is 0 Å². The zero-order valence-corrected chi connectivity index (χ0v) is 9.59. The van der Waals surface area contributed by atoms with Crippen LogP contribution < -0.4 is 11.1 Å².